The summed E-state index contributed by atoms with van der Waals surface area (Å²) < 4.78 is 0. The Hall–Kier alpha value is -1.36. The Balaban J connectivity index is 1.93. The van der Waals surface area contributed by atoms with Crippen LogP contribution < -0.4 is 5.32 Å². The summed E-state index contributed by atoms with van der Waals surface area (Å²) in [6.07, 6.45) is 3.94. The second-order valence-corrected chi connectivity index (χ2v) is 4.51. The highest BCUT2D eigenvalue weighted by atomic mass is 16.2. The van der Waals surface area contributed by atoms with Gasteiger partial charge in [0, 0.05) is 19.3 Å². The maximum atomic E-state index is 12.1. The van der Waals surface area contributed by atoms with Crippen LogP contribution in [0.1, 0.15) is 30.3 Å². The number of carbonyl (C=O) groups excluding carboxylic acids is 1. The zero-order valence-electron chi connectivity index (χ0n) is 10.3. The molecule has 0 spiro atoms. The van der Waals surface area contributed by atoms with Crippen molar-refractivity contribution < 1.29 is 4.79 Å². The summed E-state index contributed by atoms with van der Waals surface area (Å²) in [7, 11) is 0. The van der Waals surface area contributed by atoms with E-state index in [1.807, 2.05) is 11.8 Å². The highest BCUT2D eigenvalue weighted by Crippen LogP contribution is 2.14. The third-order valence-electron chi connectivity index (χ3n) is 3.34. The van der Waals surface area contributed by atoms with Crippen LogP contribution in [-0.2, 0) is 0 Å². The monoisotopic (exact) mass is 236 g/mol. The van der Waals surface area contributed by atoms with Crippen molar-refractivity contribution in [2.75, 3.05) is 26.2 Å². The largest absolute Gasteiger partial charge is 0.337 e. The molecule has 0 atom stereocenters. The summed E-state index contributed by atoms with van der Waals surface area (Å²) in [5.41, 5.74) is 0.584. The van der Waals surface area contributed by atoms with Gasteiger partial charge in [-0.15, -0.1) is 0 Å². The summed E-state index contributed by atoms with van der Waals surface area (Å²) in [5.74, 6) is 0.687. The third kappa shape index (κ3) is 3.06. The summed E-state index contributed by atoms with van der Waals surface area (Å²) in [6, 6.07) is 1.73. The van der Waals surface area contributed by atoms with Crippen molar-refractivity contribution in [3.8, 4) is 0 Å². The second kappa shape index (κ2) is 5.82. The molecule has 94 valence electrons. The molecule has 1 fully saturated rings. The first kappa shape index (κ1) is 12.1. The quantitative estimate of drug-likeness (QED) is 0.815. The van der Waals surface area contributed by atoms with Gasteiger partial charge in [-0.1, -0.05) is 0 Å². The molecule has 2 heterocycles. The van der Waals surface area contributed by atoms with Crippen LogP contribution in [0, 0.1) is 5.92 Å². The molecule has 5 nitrogen and oxygen atoms in total. The molecule has 1 saturated heterocycles. The average molecular weight is 236 g/mol. The van der Waals surface area contributed by atoms with Crippen LogP contribution in [0.4, 0.5) is 0 Å². The van der Waals surface area contributed by atoms with Gasteiger partial charge in [-0.25, -0.2) is 0 Å². The molecule has 1 aromatic heterocycles. The zero-order valence-corrected chi connectivity index (χ0v) is 10.3. The summed E-state index contributed by atoms with van der Waals surface area (Å²) >= 11 is 0. The number of aromatic nitrogens is 2. The van der Waals surface area contributed by atoms with Crippen molar-refractivity contribution in [1.82, 2.24) is 20.4 Å². The number of amides is 1. The van der Waals surface area contributed by atoms with E-state index in [9.17, 15) is 4.79 Å². The fourth-order valence-corrected chi connectivity index (χ4v) is 2.28. The van der Waals surface area contributed by atoms with Crippen molar-refractivity contribution in [3.05, 3.63) is 18.0 Å². The van der Waals surface area contributed by atoms with Crippen LogP contribution >= 0.6 is 0 Å². The van der Waals surface area contributed by atoms with E-state index in [0.29, 0.717) is 11.6 Å². The van der Waals surface area contributed by atoms with E-state index < -0.39 is 0 Å². The second-order valence-electron chi connectivity index (χ2n) is 4.51. The molecule has 0 aliphatic carbocycles. The average Bonchev–Trinajstić information content (AvgIpc) is 2.90. The molecular weight excluding hydrogens is 216 g/mol. The third-order valence-corrected chi connectivity index (χ3v) is 3.34. The standard InChI is InChI=1S/C12H20N4O/c1-2-16(9-10-3-6-13-7-4-10)12(17)11-5-8-14-15-11/h5,8,10,13H,2-4,6-7,9H2,1H3,(H,14,15). The lowest BCUT2D eigenvalue weighted by Crippen LogP contribution is -2.39. The first-order valence-corrected chi connectivity index (χ1v) is 6.30. The first-order valence-electron chi connectivity index (χ1n) is 6.30. The van der Waals surface area contributed by atoms with Crippen molar-refractivity contribution >= 4 is 5.91 Å². The zero-order chi connectivity index (χ0) is 12.1. The van der Waals surface area contributed by atoms with Crippen molar-refractivity contribution in [3.63, 3.8) is 0 Å². The van der Waals surface area contributed by atoms with Crippen LogP contribution in [0.2, 0.25) is 0 Å². The number of piperidine rings is 1. The number of aromatic amines is 1. The Labute approximate surface area is 102 Å². The minimum Gasteiger partial charge on any atom is -0.337 e. The van der Waals surface area contributed by atoms with E-state index >= 15 is 0 Å². The molecule has 0 unspecified atom stereocenters. The van der Waals surface area contributed by atoms with Gasteiger partial charge >= 0.3 is 0 Å². The molecule has 2 rings (SSSR count). The number of carbonyl (C=O) groups is 1. The fourth-order valence-electron chi connectivity index (χ4n) is 2.28. The van der Waals surface area contributed by atoms with E-state index in [1.54, 1.807) is 12.3 Å². The van der Waals surface area contributed by atoms with E-state index in [2.05, 4.69) is 15.5 Å². The predicted molar refractivity (Wildman–Crippen MR) is 65.8 cm³/mol. The van der Waals surface area contributed by atoms with Gasteiger partial charge in [-0.2, -0.15) is 5.10 Å². The Morgan fingerprint density at radius 3 is 2.88 bits per heavy atom. The normalized spacial score (nSPS) is 17.0. The number of hydrogen-bond donors (Lipinski definition) is 2. The highest BCUT2D eigenvalue weighted by Gasteiger charge is 2.21. The van der Waals surface area contributed by atoms with Crippen LogP contribution in [0.5, 0.6) is 0 Å². The van der Waals surface area contributed by atoms with Gasteiger partial charge in [0.2, 0.25) is 0 Å². The highest BCUT2D eigenvalue weighted by molar-refractivity contribution is 5.92. The fraction of sp³-hybridized carbons (Fsp3) is 0.667. The molecule has 1 aromatic rings. The van der Waals surface area contributed by atoms with E-state index in [1.165, 1.54) is 0 Å². The summed E-state index contributed by atoms with van der Waals surface area (Å²) in [4.78, 5) is 14.1. The number of nitrogens with zero attached hydrogens (tertiary/aromatic N) is 2. The van der Waals surface area contributed by atoms with Crippen LogP contribution in [0.3, 0.4) is 0 Å². The molecule has 1 aliphatic rings. The van der Waals surface area contributed by atoms with Crippen molar-refractivity contribution in [2.45, 2.75) is 19.8 Å². The van der Waals surface area contributed by atoms with Gasteiger partial charge in [0.1, 0.15) is 5.69 Å². The Bertz CT molecular complexity index is 343. The molecule has 0 bridgehead atoms. The Kier molecular flexibility index (Phi) is 4.14. The lowest BCUT2D eigenvalue weighted by molar-refractivity contribution is 0.0721. The molecule has 0 saturated carbocycles. The van der Waals surface area contributed by atoms with Crippen LogP contribution in [-0.4, -0.2) is 47.2 Å². The van der Waals surface area contributed by atoms with E-state index in [-0.39, 0.29) is 5.91 Å². The predicted octanol–water partition coefficient (Wildman–Crippen LogP) is 0.871. The first-order chi connectivity index (χ1) is 8.31. The molecule has 0 aromatic carbocycles. The van der Waals surface area contributed by atoms with Gasteiger partial charge < -0.3 is 10.2 Å². The van der Waals surface area contributed by atoms with Crippen molar-refractivity contribution in [1.29, 1.82) is 0 Å². The van der Waals surface area contributed by atoms with E-state index in [4.69, 9.17) is 0 Å². The van der Waals surface area contributed by atoms with Gasteiger partial charge in [0.25, 0.3) is 5.91 Å². The topological polar surface area (TPSA) is 61.0 Å². The lowest BCUT2D eigenvalue weighted by atomic mass is 9.97. The van der Waals surface area contributed by atoms with Crippen LogP contribution in [0.15, 0.2) is 12.3 Å². The molecule has 0 radical (unpaired) electrons. The van der Waals surface area contributed by atoms with Gasteiger partial charge in [-0.05, 0) is 44.8 Å². The lowest BCUT2D eigenvalue weighted by Gasteiger charge is -2.29. The molecule has 17 heavy (non-hydrogen) atoms. The number of hydrogen-bond acceptors (Lipinski definition) is 3. The Morgan fingerprint density at radius 1 is 1.53 bits per heavy atom. The molecule has 1 amide bonds. The van der Waals surface area contributed by atoms with Crippen LogP contribution in [0.25, 0.3) is 0 Å². The van der Waals surface area contributed by atoms with Gasteiger partial charge in [0.15, 0.2) is 0 Å². The molecule has 5 heteroatoms. The molecule has 2 N–H and O–H groups in total. The minimum absolute atomic E-state index is 0.0588. The van der Waals surface area contributed by atoms with Crippen molar-refractivity contribution in [2.24, 2.45) is 5.92 Å². The summed E-state index contributed by atoms with van der Waals surface area (Å²) in [5, 5.41) is 9.90. The SMILES string of the molecule is CCN(CC1CCNCC1)C(=O)c1ccn[nH]1. The Morgan fingerprint density at radius 2 is 2.29 bits per heavy atom. The van der Waals surface area contributed by atoms with Gasteiger partial charge in [-0.3, -0.25) is 9.89 Å². The molecule has 1 aliphatic heterocycles. The number of nitrogens with one attached hydrogen (secondary N) is 2. The van der Waals surface area contributed by atoms with E-state index in [0.717, 1.165) is 39.0 Å². The minimum atomic E-state index is 0.0588. The number of H-pyrrole nitrogens is 1. The maximum absolute atomic E-state index is 12.1. The maximum Gasteiger partial charge on any atom is 0.271 e. The number of rotatable bonds is 4. The smallest absolute Gasteiger partial charge is 0.271 e. The van der Waals surface area contributed by atoms with Gasteiger partial charge in [0.05, 0.1) is 0 Å². The molecular formula is C12H20N4O. The summed E-state index contributed by atoms with van der Waals surface area (Å²) in [6.45, 7) is 5.77.